The Balaban J connectivity index is 1.48. The van der Waals surface area contributed by atoms with E-state index in [1.165, 1.54) is 51.4 Å². The Morgan fingerprint density at radius 1 is 0.759 bits per heavy atom. The summed E-state index contributed by atoms with van der Waals surface area (Å²) in [6, 6.07) is 0. The summed E-state index contributed by atoms with van der Waals surface area (Å²) in [6.45, 7) is 14.7. The molecule has 0 aromatic rings. The lowest BCUT2D eigenvalue weighted by Crippen LogP contribution is -2.39. The van der Waals surface area contributed by atoms with Crippen molar-refractivity contribution in [3.8, 4) is 0 Å². The van der Waals surface area contributed by atoms with Gasteiger partial charge in [-0.15, -0.1) is 0 Å². The summed E-state index contributed by atoms with van der Waals surface area (Å²) < 4.78 is 7.18. The van der Waals surface area contributed by atoms with E-state index in [2.05, 4.69) is 65.8 Å². The van der Waals surface area contributed by atoms with Gasteiger partial charge >= 0.3 is 0 Å². The van der Waals surface area contributed by atoms with Crippen molar-refractivity contribution < 1.29 is 4.74 Å². The Kier molecular flexibility index (Phi) is 6.11. The summed E-state index contributed by atoms with van der Waals surface area (Å²) in [4.78, 5) is 0. The van der Waals surface area contributed by atoms with Crippen LogP contribution in [0.3, 0.4) is 0 Å². The van der Waals surface area contributed by atoms with Crippen LogP contribution in [0, 0.1) is 46.3 Å². The van der Waals surface area contributed by atoms with E-state index in [1.807, 2.05) is 0 Å². The molecule has 29 heavy (non-hydrogen) atoms. The van der Waals surface area contributed by atoms with Gasteiger partial charge < -0.3 is 4.74 Å². The molecule has 164 valence electrons. The molecule has 0 radical (unpaired) electrons. The molecular weight excluding hydrogens is 352 g/mol. The lowest BCUT2D eigenvalue weighted by atomic mass is 9.71. The predicted octanol–water partition coefficient (Wildman–Crippen LogP) is 7.82. The Morgan fingerprint density at radius 3 is 1.45 bits per heavy atom. The van der Waals surface area contributed by atoms with Crippen LogP contribution in [-0.4, -0.2) is 12.2 Å². The van der Waals surface area contributed by atoms with Crippen LogP contribution in [0.2, 0.25) is 0 Å². The summed E-state index contributed by atoms with van der Waals surface area (Å²) >= 11 is 0. The number of ether oxygens (including phenoxy) is 1. The molecule has 0 aromatic heterocycles. The van der Waals surface area contributed by atoms with E-state index >= 15 is 0 Å². The number of rotatable bonds is 10. The van der Waals surface area contributed by atoms with Gasteiger partial charge in [-0.05, 0) is 84.9 Å². The van der Waals surface area contributed by atoms with Crippen molar-refractivity contribution >= 4 is 0 Å². The number of allylic oxidation sites excluding steroid dienone is 4. The van der Waals surface area contributed by atoms with Crippen molar-refractivity contribution in [2.75, 3.05) is 0 Å². The zero-order valence-electron chi connectivity index (χ0n) is 20.0. The van der Waals surface area contributed by atoms with E-state index < -0.39 is 0 Å². The van der Waals surface area contributed by atoms with E-state index in [0.29, 0.717) is 34.9 Å². The molecule has 4 rings (SSSR count). The van der Waals surface area contributed by atoms with Gasteiger partial charge in [-0.2, -0.15) is 0 Å². The predicted molar refractivity (Wildman–Crippen MR) is 124 cm³/mol. The van der Waals surface area contributed by atoms with Crippen molar-refractivity contribution in [3.63, 3.8) is 0 Å². The zero-order valence-corrected chi connectivity index (χ0v) is 20.0. The second-order valence-electron chi connectivity index (χ2n) is 12.1. The van der Waals surface area contributed by atoms with Gasteiger partial charge in [-0.1, -0.05) is 78.7 Å². The molecule has 0 heterocycles. The molecule has 10 unspecified atom stereocenters. The van der Waals surface area contributed by atoms with Gasteiger partial charge in [0.1, 0.15) is 0 Å². The summed E-state index contributed by atoms with van der Waals surface area (Å²) in [5, 5.41) is 0. The molecule has 0 N–H and O–H groups in total. The third-order valence-electron chi connectivity index (χ3n) is 9.83. The lowest BCUT2D eigenvalue weighted by Gasteiger charge is -2.42. The number of hydrogen-bond donors (Lipinski definition) is 0. The van der Waals surface area contributed by atoms with Gasteiger partial charge in [0.15, 0.2) is 0 Å². The van der Waals surface area contributed by atoms with E-state index in [4.69, 9.17) is 4.74 Å². The fourth-order valence-electron chi connectivity index (χ4n) is 7.29. The molecule has 0 aromatic carbocycles. The molecule has 4 bridgehead atoms. The summed E-state index contributed by atoms with van der Waals surface area (Å²) in [7, 11) is 0. The van der Waals surface area contributed by atoms with Crippen molar-refractivity contribution in [2.45, 2.75) is 105 Å². The normalized spacial score (nSPS) is 43.8. The molecule has 0 aliphatic heterocycles. The van der Waals surface area contributed by atoms with Gasteiger partial charge in [-0.3, -0.25) is 0 Å². The van der Waals surface area contributed by atoms with Crippen molar-refractivity contribution in [3.05, 3.63) is 24.3 Å². The van der Waals surface area contributed by atoms with Crippen molar-refractivity contribution in [1.82, 2.24) is 0 Å². The second kappa shape index (κ2) is 8.18. The summed E-state index contributed by atoms with van der Waals surface area (Å²) in [6.07, 6.45) is 21.3. The van der Waals surface area contributed by atoms with Crippen LogP contribution < -0.4 is 0 Å². The molecular formula is C28H46O. The maximum absolute atomic E-state index is 7.18. The third-order valence-corrected chi connectivity index (χ3v) is 9.83. The SMILES string of the molecule is CCC(C)C(CC1(C)CC2C=CC1C2)OC(CC1(C)CC2C=CC1C2)C(C)CC. The number of hydrogen-bond acceptors (Lipinski definition) is 1. The second-order valence-corrected chi connectivity index (χ2v) is 12.1. The number of fused-ring (bicyclic) bond motifs is 4. The van der Waals surface area contributed by atoms with Crippen LogP contribution in [0.25, 0.3) is 0 Å². The molecule has 0 spiro atoms. The molecule has 0 saturated heterocycles. The highest BCUT2D eigenvalue weighted by Crippen LogP contribution is 2.57. The Bertz CT molecular complexity index is 580. The maximum Gasteiger partial charge on any atom is 0.0609 e. The smallest absolute Gasteiger partial charge is 0.0609 e. The molecule has 0 amide bonds. The van der Waals surface area contributed by atoms with Crippen LogP contribution in [0.15, 0.2) is 24.3 Å². The first-order valence-electron chi connectivity index (χ1n) is 12.8. The maximum atomic E-state index is 7.18. The standard InChI is InChI=1S/C28H46O/c1-7-19(3)25(17-27(5)15-21-9-11-23(27)13-21)29-26(20(4)8-2)18-28(6)16-22-10-12-24(28)14-22/h9-12,19-26H,7-8,13-18H2,1-6H3. The summed E-state index contributed by atoms with van der Waals surface area (Å²) in [5.74, 6) is 4.56. The van der Waals surface area contributed by atoms with Crippen LogP contribution >= 0.6 is 0 Å². The minimum Gasteiger partial charge on any atom is -0.374 e. The molecule has 2 fully saturated rings. The molecule has 4 aliphatic rings. The first-order valence-corrected chi connectivity index (χ1v) is 12.8. The minimum atomic E-state index is 0.412. The highest BCUT2D eigenvalue weighted by atomic mass is 16.5. The molecule has 10 atom stereocenters. The van der Waals surface area contributed by atoms with Gasteiger partial charge in [0.25, 0.3) is 0 Å². The average molecular weight is 399 g/mol. The first-order chi connectivity index (χ1) is 13.8. The van der Waals surface area contributed by atoms with Crippen LogP contribution in [-0.2, 0) is 4.74 Å². The average Bonchev–Trinajstić information content (AvgIpc) is 3.46. The minimum absolute atomic E-state index is 0.412. The molecule has 2 saturated carbocycles. The lowest BCUT2D eigenvalue weighted by molar-refractivity contribution is -0.102. The fourth-order valence-corrected chi connectivity index (χ4v) is 7.29. The van der Waals surface area contributed by atoms with Gasteiger partial charge in [0.2, 0.25) is 0 Å². The molecule has 4 aliphatic carbocycles. The monoisotopic (exact) mass is 398 g/mol. The highest BCUT2D eigenvalue weighted by Gasteiger charge is 2.49. The fraction of sp³-hybridized carbons (Fsp3) is 0.857. The van der Waals surface area contributed by atoms with Crippen LogP contribution in [0.4, 0.5) is 0 Å². The Morgan fingerprint density at radius 2 is 1.17 bits per heavy atom. The van der Waals surface area contributed by atoms with Crippen LogP contribution in [0.5, 0.6) is 0 Å². The Labute approximate surface area is 180 Å². The largest absolute Gasteiger partial charge is 0.374 e. The topological polar surface area (TPSA) is 9.23 Å². The molecule has 1 nitrogen and oxygen atoms in total. The van der Waals surface area contributed by atoms with E-state index in [-0.39, 0.29) is 0 Å². The quantitative estimate of drug-likeness (QED) is 0.341. The van der Waals surface area contributed by atoms with Gasteiger partial charge in [0, 0.05) is 0 Å². The van der Waals surface area contributed by atoms with E-state index in [9.17, 15) is 0 Å². The Hall–Kier alpha value is -0.560. The van der Waals surface area contributed by atoms with E-state index in [1.54, 1.807) is 0 Å². The van der Waals surface area contributed by atoms with Crippen molar-refractivity contribution in [1.29, 1.82) is 0 Å². The summed E-state index contributed by atoms with van der Waals surface area (Å²) in [5.41, 5.74) is 0.902. The molecule has 1 heteroatoms. The first kappa shape index (κ1) is 21.7. The van der Waals surface area contributed by atoms with Gasteiger partial charge in [-0.25, -0.2) is 0 Å². The third kappa shape index (κ3) is 4.15. The highest BCUT2D eigenvalue weighted by molar-refractivity contribution is 5.16. The van der Waals surface area contributed by atoms with Crippen molar-refractivity contribution in [2.24, 2.45) is 46.3 Å². The van der Waals surface area contributed by atoms with E-state index in [0.717, 1.165) is 23.7 Å². The zero-order chi connectivity index (χ0) is 20.8. The van der Waals surface area contributed by atoms with Gasteiger partial charge in [0.05, 0.1) is 12.2 Å². The van der Waals surface area contributed by atoms with Crippen LogP contribution in [0.1, 0.15) is 92.9 Å².